The van der Waals surface area contributed by atoms with Gasteiger partial charge in [0, 0.05) is 5.69 Å². The summed E-state index contributed by atoms with van der Waals surface area (Å²) in [7, 11) is 1.61. The van der Waals surface area contributed by atoms with Crippen LogP contribution in [0.4, 0.5) is 5.69 Å². The molecule has 0 atom stereocenters. The first-order valence-corrected chi connectivity index (χ1v) is 6.44. The average Bonchev–Trinajstić information content (AvgIpc) is 3.05. The molecule has 6 nitrogen and oxygen atoms in total. The van der Waals surface area contributed by atoms with Crippen LogP contribution in [0, 0.1) is 0 Å². The molecular weight excluding hydrogens is 270 g/mol. The van der Waals surface area contributed by atoms with Crippen LogP contribution >= 0.6 is 0 Å². The highest BCUT2D eigenvalue weighted by atomic mass is 16.5. The number of anilines is 1. The first kappa shape index (κ1) is 14.6. The molecule has 0 saturated heterocycles. The van der Waals surface area contributed by atoms with E-state index in [2.05, 4.69) is 15.8 Å². The van der Waals surface area contributed by atoms with Crippen molar-refractivity contribution in [3.05, 3.63) is 48.4 Å². The van der Waals surface area contributed by atoms with Gasteiger partial charge in [0.1, 0.15) is 17.2 Å². The summed E-state index contributed by atoms with van der Waals surface area (Å²) in [6.45, 7) is 1.89. The molecule has 110 valence electrons. The second-order valence-electron chi connectivity index (χ2n) is 4.29. The molecular formula is C15H17N3O3. The molecule has 2 rings (SSSR count). The summed E-state index contributed by atoms with van der Waals surface area (Å²) >= 11 is 0. The van der Waals surface area contributed by atoms with Gasteiger partial charge in [-0.05, 0) is 43.3 Å². The summed E-state index contributed by atoms with van der Waals surface area (Å²) in [5, 5.41) is 6.96. The maximum absolute atomic E-state index is 11.7. The molecule has 0 unspecified atom stereocenters. The van der Waals surface area contributed by atoms with E-state index in [1.165, 1.54) is 0 Å². The quantitative estimate of drug-likeness (QED) is 0.631. The summed E-state index contributed by atoms with van der Waals surface area (Å²) in [5.74, 6) is 1.15. The normalized spacial score (nSPS) is 11.0. The number of ether oxygens (including phenoxy) is 1. The Hall–Kier alpha value is -2.76. The molecule has 1 heterocycles. The van der Waals surface area contributed by atoms with Crippen molar-refractivity contribution in [3.63, 3.8) is 0 Å². The largest absolute Gasteiger partial charge is 0.497 e. The maximum atomic E-state index is 11.7. The number of rotatable bonds is 6. The fraction of sp³-hybridized carbons (Fsp3) is 0.200. The Kier molecular flexibility index (Phi) is 4.98. The Morgan fingerprint density at radius 1 is 1.29 bits per heavy atom. The lowest BCUT2D eigenvalue weighted by atomic mass is 10.3. The number of carbonyl (C=O) groups is 1. The number of benzene rings is 1. The third-order valence-electron chi connectivity index (χ3n) is 2.77. The number of hydrazone groups is 1. The third kappa shape index (κ3) is 4.38. The lowest BCUT2D eigenvalue weighted by Crippen LogP contribution is -2.26. The predicted octanol–water partition coefficient (Wildman–Crippen LogP) is 2.24. The zero-order valence-corrected chi connectivity index (χ0v) is 11.9. The number of nitrogens with one attached hydrogen (secondary N) is 2. The van der Waals surface area contributed by atoms with Crippen LogP contribution in [0.25, 0.3) is 0 Å². The molecule has 0 aliphatic rings. The van der Waals surface area contributed by atoms with Gasteiger partial charge in [-0.15, -0.1) is 0 Å². The van der Waals surface area contributed by atoms with Gasteiger partial charge in [0.15, 0.2) is 0 Å². The molecule has 1 aromatic carbocycles. The van der Waals surface area contributed by atoms with E-state index in [1.807, 2.05) is 24.3 Å². The minimum atomic E-state index is -0.239. The number of amides is 1. The minimum Gasteiger partial charge on any atom is -0.497 e. The van der Waals surface area contributed by atoms with Crippen LogP contribution in [0.2, 0.25) is 0 Å². The van der Waals surface area contributed by atoms with Gasteiger partial charge < -0.3 is 14.5 Å². The van der Waals surface area contributed by atoms with Crippen LogP contribution in [-0.4, -0.2) is 25.3 Å². The van der Waals surface area contributed by atoms with Crippen molar-refractivity contribution >= 4 is 17.3 Å². The smallest absolute Gasteiger partial charge is 0.259 e. The highest BCUT2D eigenvalue weighted by Crippen LogP contribution is 2.14. The molecule has 0 bridgehead atoms. The molecule has 0 fully saturated rings. The Morgan fingerprint density at radius 3 is 2.67 bits per heavy atom. The van der Waals surface area contributed by atoms with Crippen molar-refractivity contribution in [2.24, 2.45) is 5.10 Å². The molecule has 0 saturated carbocycles. The molecule has 1 amide bonds. The number of nitrogens with zero attached hydrogens (tertiary/aromatic N) is 1. The van der Waals surface area contributed by atoms with E-state index in [4.69, 9.17) is 9.15 Å². The molecule has 6 heteroatoms. The summed E-state index contributed by atoms with van der Waals surface area (Å²) in [6, 6.07) is 10.9. The Morgan fingerprint density at radius 2 is 2.05 bits per heavy atom. The number of furan rings is 1. The van der Waals surface area contributed by atoms with E-state index in [1.54, 1.807) is 32.4 Å². The number of hydrogen-bond acceptors (Lipinski definition) is 5. The first-order chi connectivity index (χ1) is 10.2. The Balaban J connectivity index is 1.80. The van der Waals surface area contributed by atoms with Gasteiger partial charge in [-0.3, -0.25) is 4.79 Å². The van der Waals surface area contributed by atoms with Crippen LogP contribution in [0.1, 0.15) is 12.7 Å². The van der Waals surface area contributed by atoms with Gasteiger partial charge >= 0.3 is 0 Å². The second kappa shape index (κ2) is 7.14. The Labute approximate surface area is 122 Å². The van der Waals surface area contributed by atoms with E-state index in [-0.39, 0.29) is 12.5 Å². The molecule has 21 heavy (non-hydrogen) atoms. The topological polar surface area (TPSA) is 75.9 Å². The predicted molar refractivity (Wildman–Crippen MR) is 80.5 cm³/mol. The third-order valence-corrected chi connectivity index (χ3v) is 2.77. The fourth-order valence-corrected chi connectivity index (χ4v) is 1.62. The van der Waals surface area contributed by atoms with Crippen molar-refractivity contribution in [3.8, 4) is 5.75 Å². The molecule has 0 aliphatic heterocycles. The molecule has 0 aliphatic carbocycles. The average molecular weight is 287 g/mol. The van der Waals surface area contributed by atoms with E-state index in [0.29, 0.717) is 11.5 Å². The number of hydrogen-bond donors (Lipinski definition) is 2. The standard InChI is InChI=1S/C15H17N3O3/c1-11(14-4-3-9-21-14)17-18-15(19)10-16-12-5-7-13(20-2)8-6-12/h3-9,16H,10H2,1-2H3,(H,18,19)/b17-11-. The SMILES string of the molecule is COc1ccc(NCC(=O)N/N=C(/C)c2ccco2)cc1. The lowest BCUT2D eigenvalue weighted by Gasteiger charge is -2.06. The molecule has 2 N–H and O–H groups in total. The van der Waals surface area contributed by atoms with Crippen molar-refractivity contribution < 1.29 is 13.9 Å². The van der Waals surface area contributed by atoms with Gasteiger partial charge in [-0.2, -0.15) is 5.10 Å². The zero-order valence-electron chi connectivity index (χ0n) is 11.9. The van der Waals surface area contributed by atoms with Crippen molar-refractivity contribution in [2.75, 3.05) is 19.0 Å². The molecule has 0 radical (unpaired) electrons. The van der Waals surface area contributed by atoms with Gasteiger partial charge in [-0.1, -0.05) is 0 Å². The van der Waals surface area contributed by atoms with Crippen LogP contribution in [0.5, 0.6) is 5.75 Å². The van der Waals surface area contributed by atoms with Crippen LogP contribution < -0.4 is 15.5 Å². The molecule has 1 aromatic heterocycles. The van der Waals surface area contributed by atoms with Gasteiger partial charge in [0.2, 0.25) is 0 Å². The van der Waals surface area contributed by atoms with Crippen molar-refractivity contribution in [1.29, 1.82) is 0 Å². The van der Waals surface area contributed by atoms with Crippen LogP contribution in [0.3, 0.4) is 0 Å². The maximum Gasteiger partial charge on any atom is 0.259 e. The van der Waals surface area contributed by atoms with E-state index >= 15 is 0 Å². The van der Waals surface area contributed by atoms with E-state index in [0.717, 1.165) is 11.4 Å². The second-order valence-corrected chi connectivity index (χ2v) is 4.29. The number of carbonyl (C=O) groups excluding carboxylic acids is 1. The first-order valence-electron chi connectivity index (χ1n) is 6.44. The van der Waals surface area contributed by atoms with Gasteiger partial charge in [0.05, 0.1) is 19.9 Å². The van der Waals surface area contributed by atoms with Crippen molar-refractivity contribution in [2.45, 2.75) is 6.92 Å². The summed E-state index contributed by atoms with van der Waals surface area (Å²) in [4.78, 5) is 11.7. The van der Waals surface area contributed by atoms with Crippen LogP contribution in [0.15, 0.2) is 52.2 Å². The van der Waals surface area contributed by atoms with E-state index in [9.17, 15) is 4.79 Å². The molecule has 2 aromatic rings. The van der Waals surface area contributed by atoms with Crippen LogP contribution in [-0.2, 0) is 4.79 Å². The van der Waals surface area contributed by atoms with Gasteiger partial charge in [-0.25, -0.2) is 5.43 Å². The summed E-state index contributed by atoms with van der Waals surface area (Å²) in [6.07, 6.45) is 1.56. The molecule has 0 spiro atoms. The summed E-state index contributed by atoms with van der Waals surface area (Å²) < 4.78 is 10.2. The summed E-state index contributed by atoms with van der Waals surface area (Å²) in [5.41, 5.74) is 3.91. The zero-order chi connectivity index (χ0) is 15.1. The van der Waals surface area contributed by atoms with Gasteiger partial charge in [0.25, 0.3) is 5.91 Å². The highest BCUT2D eigenvalue weighted by molar-refractivity contribution is 5.96. The van der Waals surface area contributed by atoms with Crippen molar-refractivity contribution in [1.82, 2.24) is 5.43 Å². The van der Waals surface area contributed by atoms with E-state index < -0.39 is 0 Å². The Bertz CT molecular complexity index is 604. The fourth-order valence-electron chi connectivity index (χ4n) is 1.62. The minimum absolute atomic E-state index is 0.126. The monoisotopic (exact) mass is 287 g/mol. The number of methoxy groups -OCH3 is 1. The lowest BCUT2D eigenvalue weighted by molar-refractivity contribution is -0.119. The highest BCUT2D eigenvalue weighted by Gasteiger charge is 2.03.